The average molecular weight is 737 g/mol. The molecule has 0 radical (unpaired) electrons. The second-order valence-electron chi connectivity index (χ2n) is 15.0. The first-order valence-electron chi connectivity index (χ1n) is 19.5. The number of fused-ring (bicyclic) bond motifs is 6. The molecule has 3 heterocycles. The van der Waals surface area contributed by atoms with Gasteiger partial charge in [0.25, 0.3) is 0 Å². The maximum atomic E-state index is 5.36. The van der Waals surface area contributed by atoms with Crippen LogP contribution in [0.3, 0.4) is 0 Å². The number of benzene rings is 6. The van der Waals surface area contributed by atoms with Crippen molar-refractivity contribution in [2.75, 3.05) is 4.90 Å². The van der Waals surface area contributed by atoms with Gasteiger partial charge in [0.2, 0.25) is 0 Å². The monoisotopic (exact) mass is 736 g/mol. The lowest BCUT2D eigenvalue weighted by molar-refractivity contribution is 0.575. The summed E-state index contributed by atoms with van der Waals surface area (Å²) in [7, 11) is 0. The number of amidine groups is 1. The first-order chi connectivity index (χ1) is 27.8. The van der Waals surface area contributed by atoms with Gasteiger partial charge in [-0.1, -0.05) is 188 Å². The van der Waals surface area contributed by atoms with E-state index >= 15 is 0 Å². The Morgan fingerprint density at radius 3 is 2.20 bits per heavy atom. The lowest BCUT2D eigenvalue weighted by Crippen LogP contribution is -2.37. The van der Waals surface area contributed by atoms with E-state index in [-0.39, 0.29) is 24.0 Å². The Morgan fingerprint density at radius 1 is 0.643 bits per heavy atom. The molecule has 4 heteroatoms. The van der Waals surface area contributed by atoms with Gasteiger partial charge < -0.3 is 15.2 Å². The number of anilines is 1. The first kappa shape index (κ1) is 32.9. The fourth-order valence-electron chi connectivity index (χ4n) is 9.09. The molecule has 2 aliphatic heterocycles. The predicted octanol–water partition coefficient (Wildman–Crippen LogP) is 13.7. The summed E-state index contributed by atoms with van der Waals surface area (Å²) in [6.45, 7) is 0. The summed E-state index contributed by atoms with van der Waals surface area (Å²) in [5.41, 5.74) is 13.3. The third-order valence-electron chi connectivity index (χ3n) is 11.7. The van der Waals surface area contributed by atoms with Crippen molar-refractivity contribution in [3.05, 3.63) is 226 Å². The van der Waals surface area contributed by atoms with Gasteiger partial charge in [0.05, 0.1) is 12.1 Å². The average Bonchev–Trinajstić information content (AvgIpc) is 3.83. The first-order valence-corrected chi connectivity index (χ1v) is 20.4. The molecule has 0 fully saturated rings. The second kappa shape index (κ2) is 13.7. The van der Waals surface area contributed by atoms with Crippen LogP contribution in [0.5, 0.6) is 0 Å². The highest BCUT2D eigenvalue weighted by Gasteiger charge is 2.42. The molecule has 0 spiro atoms. The van der Waals surface area contributed by atoms with Crippen LogP contribution < -0.4 is 4.90 Å². The van der Waals surface area contributed by atoms with E-state index in [1.54, 1.807) is 0 Å². The SMILES string of the molecule is C1=Cc2c(sc3c(-c4ccccc4)cccc23)C(N2c3ccccc3C3C=CC(C4=NC(c5cccc(-c6ccccc6)c5)=CC(c5ccccc5)[N-]4)=CC32)C1. The molecule has 3 nitrogen and oxygen atoms in total. The third kappa shape index (κ3) is 5.60. The molecule has 2 aliphatic carbocycles. The van der Waals surface area contributed by atoms with E-state index in [0.29, 0.717) is 0 Å². The van der Waals surface area contributed by atoms with E-state index in [2.05, 4.69) is 199 Å². The number of hydrogen-bond donors (Lipinski definition) is 0. The zero-order valence-corrected chi connectivity index (χ0v) is 31.6. The summed E-state index contributed by atoms with van der Waals surface area (Å²) in [5.74, 6) is 1.02. The number of thiophene rings is 1. The standard InChI is InChI=1S/C52H38N3S/c1-4-15-34(16-5-1)37-21-12-22-38(31-37)46-33-45(36-19-8-3-9-20-36)53-52(54-46)39-29-30-42-41-23-10-11-27-47(41)55(49(42)32-39)48-28-14-26-44-43-25-13-24-40(50(43)56-51(44)48)35-17-6-2-7-18-35/h1-27,29-33,42,45,48-49H,28H2/q-1. The Labute approximate surface area is 332 Å². The van der Waals surface area contributed by atoms with E-state index in [1.807, 2.05) is 11.3 Å². The number of nitrogens with zero attached hydrogens (tertiary/aromatic N) is 3. The number of aliphatic imine (C=N–C) groups is 1. The minimum atomic E-state index is -0.147. The zero-order valence-electron chi connectivity index (χ0n) is 30.7. The summed E-state index contributed by atoms with van der Waals surface area (Å²) in [6.07, 6.45) is 15.1. The van der Waals surface area contributed by atoms with E-state index in [4.69, 9.17) is 10.3 Å². The summed E-state index contributed by atoms with van der Waals surface area (Å²) in [5, 5.41) is 6.70. The lowest BCUT2D eigenvalue weighted by atomic mass is 9.87. The second-order valence-corrected chi connectivity index (χ2v) is 16.0. The van der Waals surface area contributed by atoms with Crippen molar-refractivity contribution < 1.29 is 0 Å². The fraction of sp³-hybridized carbons (Fsp3) is 0.0962. The van der Waals surface area contributed by atoms with Crippen molar-refractivity contribution in [2.45, 2.75) is 30.5 Å². The smallest absolute Gasteiger partial charge is 0.0682 e. The van der Waals surface area contributed by atoms with Crippen LogP contribution in [0.2, 0.25) is 0 Å². The predicted molar refractivity (Wildman–Crippen MR) is 236 cm³/mol. The Hall–Kier alpha value is -6.49. The van der Waals surface area contributed by atoms with Crippen molar-refractivity contribution in [3.63, 3.8) is 0 Å². The lowest BCUT2D eigenvalue weighted by Gasteiger charge is -2.39. The van der Waals surface area contributed by atoms with Crippen molar-refractivity contribution in [3.8, 4) is 22.3 Å². The van der Waals surface area contributed by atoms with Crippen LogP contribution in [-0.2, 0) is 0 Å². The van der Waals surface area contributed by atoms with Crippen LogP contribution in [0.15, 0.2) is 199 Å². The molecule has 0 amide bonds. The largest absolute Gasteiger partial charge is 0.454 e. The van der Waals surface area contributed by atoms with Crippen LogP contribution in [0.25, 0.3) is 49.4 Å². The van der Waals surface area contributed by atoms with Gasteiger partial charge in [-0.3, -0.25) is 0 Å². The topological polar surface area (TPSA) is 29.7 Å². The van der Waals surface area contributed by atoms with Crippen LogP contribution in [0, 0.1) is 0 Å². The number of para-hydroxylation sites is 1. The van der Waals surface area contributed by atoms with Gasteiger partial charge >= 0.3 is 0 Å². The highest BCUT2D eigenvalue weighted by atomic mass is 32.1. The van der Waals surface area contributed by atoms with Gasteiger partial charge in [0.1, 0.15) is 0 Å². The van der Waals surface area contributed by atoms with Crippen LogP contribution in [-0.4, -0.2) is 11.9 Å². The molecule has 0 saturated carbocycles. The molecule has 0 bridgehead atoms. The molecule has 7 aromatic rings. The van der Waals surface area contributed by atoms with E-state index in [9.17, 15) is 0 Å². The highest BCUT2D eigenvalue weighted by molar-refractivity contribution is 7.20. The van der Waals surface area contributed by atoms with E-state index in [0.717, 1.165) is 34.7 Å². The van der Waals surface area contributed by atoms with Crippen molar-refractivity contribution in [1.29, 1.82) is 0 Å². The molecule has 56 heavy (non-hydrogen) atoms. The zero-order chi connectivity index (χ0) is 37.0. The molecule has 4 unspecified atom stereocenters. The maximum absolute atomic E-state index is 5.36. The van der Waals surface area contributed by atoms with Gasteiger partial charge in [-0.2, -0.15) is 0 Å². The molecule has 0 saturated heterocycles. The molecule has 11 rings (SSSR count). The van der Waals surface area contributed by atoms with Crippen LogP contribution >= 0.6 is 11.3 Å². The minimum absolute atomic E-state index is 0.124. The summed E-state index contributed by atoms with van der Waals surface area (Å²) in [4.78, 5) is 9.51. The number of hydrogen-bond acceptors (Lipinski definition) is 3. The quantitative estimate of drug-likeness (QED) is 0.167. The Balaban J connectivity index is 1.01. The minimum Gasteiger partial charge on any atom is -0.454 e. The Bertz CT molecular complexity index is 2770. The fourth-order valence-corrected chi connectivity index (χ4v) is 10.5. The molecule has 0 N–H and O–H groups in total. The molecule has 1 aromatic heterocycles. The Kier molecular flexibility index (Phi) is 8.03. The normalized spacial score (nSPS) is 20.7. The number of rotatable bonds is 6. The van der Waals surface area contributed by atoms with E-state index in [1.165, 1.54) is 54.0 Å². The van der Waals surface area contributed by atoms with Gasteiger partial charge in [-0.15, -0.1) is 11.3 Å². The molecule has 4 atom stereocenters. The molecular weight excluding hydrogens is 699 g/mol. The summed E-state index contributed by atoms with van der Waals surface area (Å²) in [6, 6.07) is 56.8. The van der Waals surface area contributed by atoms with Gasteiger partial charge in [-0.05, 0) is 74.3 Å². The van der Waals surface area contributed by atoms with Crippen LogP contribution in [0.1, 0.15) is 51.6 Å². The Morgan fingerprint density at radius 2 is 1.36 bits per heavy atom. The maximum Gasteiger partial charge on any atom is 0.0682 e. The molecule has 6 aromatic carbocycles. The molecule has 4 aliphatic rings. The van der Waals surface area contributed by atoms with E-state index < -0.39 is 0 Å². The van der Waals surface area contributed by atoms with Crippen molar-refractivity contribution in [2.24, 2.45) is 4.99 Å². The van der Waals surface area contributed by atoms with Gasteiger partial charge in [0, 0.05) is 32.6 Å². The summed E-state index contributed by atoms with van der Waals surface area (Å²) < 4.78 is 1.36. The third-order valence-corrected chi connectivity index (χ3v) is 13.1. The summed E-state index contributed by atoms with van der Waals surface area (Å²) >= 11 is 1.97. The van der Waals surface area contributed by atoms with Crippen LogP contribution in [0.4, 0.5) is 5.69 Å². The van der Waals surface area contributed by atoms with Gasteiger partial charge in [-0.25, -0.2) is 0 Å². The molecular formula is C52H38N3S-. The molecule has 268 valence electrons. The van der Waals surface area contributed by atoms with Crippen molar-refractivity contribution in [1.82, 2.24) is 0 Å². The van der Waals surface area contributed by atoms with Gasteiger partial charge in [0.15, 0.2) is 0 Å². The highest BCUT2D eigenvalue weighted by Crippen LogP contribution is 2.53. The van der Waals surface area contributed by atoms with Crippen molar-refractivity contribution >= 4 is 44.7 Å².